The number of carbonyl (C=O) groups is 2. The maximum absolute atomic E-state index is 12.4. The van der Waals surface area contributed by atoms with Gasteiger partial charge in [-0.1, -0.05) is 32.1 Å². The number of hydrogen-bond acceptors (Lipinski definition) is 6. The normalized spacial score (nSPS) is 16.6. The number of nitrogens with one attached hydrogen (secondary N) is 1. The second kappa shape index (κ2) is 8.08. The van der Waals surface area contributed by atoms with Crippen molar-refractivity contribution >= 4 is 50.6 Å². The van der Waals surface area contributed by atoms with Gasteiger partial charge in [0.1, 0.15) is 5.00 Å². The van der Waals surface area contributed by atoms with Gasteiger partial charge in [-0.15, -0.1) is 11.3 Å². The van der Waals surface area contributed by atoms with E-state index in [4.69, 9.17) is 5.73 Å². The lowest BCUT2D eigenvalue weighted by Gasteiger charge is -2.33. The van der Waals surface area contributed by atoms with Crippen LogP contribution in [0.4, 0.5) is 10.0 Å². The molecule has 3 N–H and O–H groups in total. The van der Waals surface area contributed by atoms with Gasteiger partial charge in [0.15, 0.2) is 0 Å². The van der Waals surface area contributed by atoms with Gasteiger partial charge in [-0.25, -0.2) is 0 Å². The monoisotopic (exact) mass is 433 g/mol. The summed E-state index contributed by atoms with van der Waals surface area (Å²) in [4.78, 5) is 36.4. The van der Waals surface area contributed by atoms with Gasteiger partial charge in [0, 0.05) is 21.9 Å². The SMILES string of the molecule is CC(C)(C)C1CCc2c(sc(NC(=O)/C=C/c3ccc([N+](=O)[O-])s3)c2C(N)=O)C1. The Balaban J connectivity index is 1.79. The van der Waals surface area contributed by atoms with Crippen molar-refractivity contribution in [1.82, 2.24) is 0 Å². The van der Waals surface area contributed by atoms with E-state index in [1.807, 2.05) is 0 Å². The fourth-order valence-corrected chi connectivity index (χ4v) is 5.58. The molecule has 2 aromatic heterocycles. The molecule has 0 saturated carbocycles. The Morgan fingerprint density at radius 3 is 2.62 bits per heavy atom. The zero-order chi connectivity index (χ0) is 21.3. The van der Waals surface area contributed by atoms with Gasteiger partial charge in [0.2, 0.25) is 5.91 Å². The lowest BCUT2D eigenvalue weighted by Crippen LogP contribution is -2.27. The number of nitro groups is 1. The molecule has 0 bridgehead atoms. The van der Waals surface area contributed by atoms with Crippen LogP contribution in [0.2, 0.25) is 0 Å². The molecule has 0 spiro atoms. The van der Waals surface area contributed by atoms with Crippen molar-refractivity contribution < 1.29 is 14.5 Å². The molecule has 2 heterocycles. The largest absolute Gasteiger partial charge is 0.365 e. The highest BCUT2D eigenvalue weighted by Crippen LogP contribution is 2.44. The summed E-state index contributed by atoms with van der Waals surface area (Å²) in [5, 5.41) is 14.0. The van der Waals surface area contributed by atoms with E-state index >= 15 is 0 Å². The minimum Gasteiger partial charge on any atom is -0.365 e. The summed E-state index contributed by atoms with van der Waals surface area (Å²) >= 11 is 2.40. The Kier molecular flexibility index (Phi) is 5.90. The molecule has 2 amide bonds. The van der Waals surface area contributed by atoms with Crippen molar-refractivity contribution in [3.63, 3.8) is 0 Å². The van der Waals surface area contributed by atoms with E-state index in [0.717, 1.165) is 41.0 Å². The topological polar surface area (TPSA) is 115 Å². The van der Waals surface area contributed by atoms with Crippen LogP contribution in [0.3, 0.4) is 0 Å². The molecule has 0 radical (unpaired) electrons. The smallest absolute Gasteiger partial charge is 0.324 e. The first kappa shape index (κ1) is 21.2. The summed E-state index contributed by atoms with van der Waals surface area (Å²) in [6.07, 6.45) is 5.44. The number of nitrogens with two attached hydrogens (primary N) is 1. The minimum atomic E-state index is -0.537. The highest BCUT2D eigenvalue weighted by Gasteiger charge is 2.33. The number of rotatable bonds is 5. The molecule has 1 atom stereocenters. The number of thiophene rings is 2. The Morgan fingerprint density at radius 1 is 1.31 bits per heavy atom. The zero-order valence-electron chi connectivity index (χ0n) is 16.5. The van der Waals surface area contributed by atoms with Crippen LogP contribution in [-0.4, -0.2) is 16.7 Å². The number of carbonyl (C=O) groups excluding carboxylic acids is 2. The number of amides is 2. The molecule has 2 aromatic rings. The van der Waals surface area contributed by atoms with Gasteiger partial charge >= 0.3 is 5.00 Å². The first-order valence-electron chi connectivity index (χ1n) is 9.24. The number of nitrogens with zero attached hydrogens (tertiary/aromatic N) is 1. The Morgan fingerprint density at radius 2 is 2.03 bits per heavy atom. The summed E-state index contributed by atoms with van der Waals surface area (Å²) in [5.41, 5.74) is 7.15. The summed E-state index contributed by atoms with van der Waals surface area (Å²) in [7, 11) is 0. The zero-order valence-corrected chi connectivity index (χ0v) is 18.1. The standard InChI is InChI=1S/C20H23N3O4S2/c1-20(2,3)11-4-7-13-14(10-11)29-19(17(13)18(21)25)22-15(24)8-5-12-6-9-16(28-12)23(26)27/h5-6,8-9,11H,4,7,10H2,1-3H3,(H2,21,25)(H,22,24)/b8-5+. The number of primary amides is 1. The molecular weight excluding hydrogens is 410 g/mol. The quantitative estimate of drug-likeness (QED) is 0.406. The van der Waals surface area contributed by atoms with Gasteiger partial charge in [-0.05, 0) is 48.3 Å². The molecule has 9 heteroatoms. The number of anilines is 1. The van der Waals surface area contributed by atoms with Crippen molar-refractivity contribution in [3.8, 4) is 0 Å². The maximum Gasteiger partial charge on any atom is 0.324 e. The van der Waals surface area contributed by atoms with Gasteiger partial charge in [-0.2, -0.15) is 0 Å². The third-order valence-electron chi connectivity index (χ3n) is 5.16. The number of hydrogen-bond donors (Lipinski definition) is 2. The van der Waals surface area contributed by atoms with E-state index in [9.17, 15) is 19.7 Å². The van der Waals surface area contributed by atoms with Crippen LogP contribution in [-0.2, 0) is 17.6 Å². The molecule has 1 aliphatic rings. The van der Waals surface area contributed by atoms with Crippen LogP contribution in [0, 0.1) is 21.4 Å². The van der Waals surface area contributed by atoms with E-state index in [0.29, 0.717) is 21.4 Å². The lowest BCUT2D eigenvalue weighted by atomic mass is 9.72. The lowest BCUT2D eigenvalue weighted by molar-refractivity contribution is -0.380. The summed E-state index contributed by atoms with van der Waals surface area (Å²) < 4.78 is 0. The highest BCUT2D eigenvalue weighted by molar-refractivity contribution is 7.17. The van der Waals surface area contributed by atoms with Crippen LogP contribution in [0.1, 0.15) is 52.9 Å². The fourth-order valence-electron chi connectivity index (χ4n) is 3.52. The molecule has 0 aromatic carbocycles. The molecule has 154 valence electrons. The third kappa shape index (κ3) is 4.73. The fraction of sp³-hybridized carbons (Fsp3) is 0.400. The van der Waals surface area contributed by atoms with Gasteiger partial charge in [0.25, 0.3) is 5.91 Å². The predicted molar refractivity (Wildman–Crippen MR) is 116 cm³/mol. The molecular formula is C20H23N3O4S2. The second-order valence-corrected chi connectivity index (χ2v) is 10.3. The van der Waals surface area contributed by atoms with Gasteiger partial charge in [-0.3, -0.25) is 19.7 Å². The van der Waals surface area contributed by atoms with Crippen LogP contribution in [0.5, 0.6) is 0 Å². The average Bonchev–Trinajstić information content (AvgIpc) is 3.22. The Labute approximate surface area is 176 Å². The number of fused-ring (bicyclic) bond motifs is 1. The molecule has 0 aliphatic heterocycles. The summed E-state index contributed by atoms with van der Waals surface area (Å²) in [6, 6.07) is 2.98. The van der Waals surface area contributed by atoms with E-state index in [2.05, 4.69) is 26.1 Å². The Bertz CT molecular complexity index is 998. The van der Waals surface area contributed by atoms with Crippen LogP contribution in [0.15, 0.2) is 18.2 Å². The van der Waals surface area contributed by atoms with E-state index < -0.39 is 16.7 Å². The molecule has 29 heavy (non-hydrogen) atoms. The first-order valence-corrected chi connectivity index (χ1v) is 10.9. The molecule has 7 nitrogen and oxygen atoms in total. The molecule has 1 unspecified atom stereocenters. The third-order valence-corrected chi connectivity index (χ3v) is 7.34. The van der Waals surface area contributed by atoms with E-state index in [-0.39, 0.29) is 10.4 Å². The Hall–Kier alpha value is -2.52. The van der Waals surface area contributed by atoms with E-state index in [1.54, 1.807) is 6.07 Å². The van der Waals surface area contributed by atoms with Gasteiger partial charge in [0.05, 0.1) is 10.5 Å². The van der Waals surface area contributed by atoms with Crippen molar-refractivity contribution in [3.05, 3.63) is 49.2 Å². The molecule has 1 aliphatic carbocycles. The minimum absolute atomic E-state index is 0.0143. The molecule has 0 fully saturated rings. The van der Waals surface area contributed by atoms with Crippen molar-refractivity contribution in [2.45, 2.75) is 40.0 Å². The molecule has 0 saturated heterocycles. The molecule has 3 rings (SSSR count). The predicted octanol–water partition coefficient (Wildman–Crippen LogP) is 4.62. The van der Waals surface area contributed by atoms with E-state index in [1.165, 1.54) is 29.6 Å². The van der Waals surface area contributed by atoms with Crippen LogP contribution in [0.25, 0.3) is 6.08 Å². The maximum atomic E-state index is 12.4. The van der Waals surface area contributed by atoms with Gasteiger partial charge < -0.3 is 11.1 Å². The van der Waals surface area contributed by atoms with Crippen molar-refractivity contribution in [2.24, 2.45) is 17.1 Å². The van der Waals surface area contributed by atoms with Crippen LogP contribution >= 0.6 is 22.7 Å². The highest BCUT2D eigenvalue weighted by atomic mass is 32.1. The average molecular weight is 434 g/mol. The van der Waals surface area contributed by atoms with Crippen molar-refractivity contribution in [1.29, 1.82) is 0 Å². The second-order valence-electron chi connectivity index (χ2n) is 8.13. The first-order chi connectivity index (χ1) is 13.6. The van der Waals surface area contributed by atoms with Crippen LogP contribution < -0.4 is 11.1 Å². The summed E-state index contributed by atoms with van der Waals surface area (Å²) in [6.45, 7) is 6.65. The van der Waals surface area contributed by atoms with Crippen molar-refractivity contribution in [2.75, 3.05) is 5.32 Å². The summed E-state index contributed by atoms with van der Waals surface area (Å²) in [5.74, 6) is -0.438.